The predicted molar refractivity (Wildman–Crippen MR) is 219 cm³/mol. The highest BCUT2D eigenvalue weighted by Crippen LogP contribution is 2.38. The van der Waals surface area contributed by atoms with Crippen LogP contribution in [-0.2, 0) is 18.4 Å². The van der Waals surface area contributed by atoms with Crippen LogP contribution in [0.1, 0.15) is 181 Å². The lowest BCUT2D eigenvalue weighted by Gasteiger charge is -2.29. The van der Waals surface area contributed by atoms with Crippen molar-refractivity contribution in [1.29, 1.82) is 0 Å². The highest BCUT2D eigenvalue weighted by atomic mass is 31.2. The lowest BCUT2D eigenvalue weighted by molar-refractivity contribution is -0.870. The summed E-state index contributed by atoms with van der Waals surface area (Å²) in [5, 5.41) is 13.7. The SMILES string of the molecule is CCC/C=C\C/C=C\CCCCCCCC(=O)NC(COP(=O)([O-])OCC[N+](C)(C)C)C(O)/C=C/CCCCCCCCCCCCCCCCC. The third kappa shape index (κ3) is 37.1. The van der Waals surface area contributed by atoms with Gasteiger partial charge in [-0.15, -0.1) is 0 Å². The van der Waals surface area contributed by atoms with Crippen LogP contribution in [0.15, 0.2) is 36.5 Å². The molecular weight excluding hydrogens is 671 g/mol. The number of amides is 1. The van der Waals surface area contributed by atoms with Crippen molar-refractivity contribution in [3.63, 3.8) is 0 Å². The fourth-order valence-corrected chi connectivity index (χ4v) is 6.62. The first-order chi connectivity index (χ1) is 25.0. The molecule has 0 aliphatic rings. The number of aliphatic hydroxyl groups is 1. The Morgan fingerprint density at radius 1 is 0.673 bits per heavy atom. The predicted octanol–water partition coefficient (Wildman–Crippen LogP) is 10.9. The number of aliphatic hydroxyl groups excluding tert-OH is 1. The molecule has 0 bridgehead atoms. The van der Waals surface area contributed by atoms with Crippen LogP contribution in [0.25, 0.3) is 0 Å². The van der Waals surface area contributed by atoms with E-state index in [4.69, 9.17) is 9.05 Å². The molecule has 1 amide bonds. The first-order valence-corrected chi connectivity index (χ1v) is 22.8. The molecule has 0 rings (SSSR count). The number of phosphoric ester groups is 1. The van der Waals surface area contributed by atoms with Crippen molar-refractivity contribution in [2.45, 2.75) is 193 Å². The van der Waals surface area contributed by atoms with Crippen molar-refractivity contribution < 1.29 is 32.9 Å². The summed E-state index contributed by atoms with van der Waals surface area (Å²) in [4.78, 5) is 25.2. The number of carbonyl (C=O) groups excluding carboxylic acids is 1. The molecule has 0 saturated carbocycles. The number of hydrogen-bond donors (Lipinski definition) is 2. The van der Waals surface area contributed by atoms with Gasteiger partial charge < -0.3 is 28.8 Å². The van der Waals surface area contributed by atoms with Gasteiger partial charge in [0.25, 0.3) is 7.82 Å². The first kappa shape index (κ1) is 50.7. The monoisotopic (exact) mass is 755 g/mol. The molecule has 52 heavy (non-hydrogen) atoms. The van der Waals surface area contributed by atoms with Crippen LogP contribution in [0.5, 0.6) is 0 Å². The number of hydrogen-bond acceptors (Lipinski definition) is 6. The zero-order valence-corrected chi connectivity index (χ0v) is 35.4. The van der Waals surface area contributed by atoms with Gasteiger partial charge in [-0.05, 0) is 44.9 Å². The number of nitrogens with one attached hydrogen (secondary N) is 1. The van der Waals surface area contributed by atoms with Crippen LogP contribution in [-0.4, -0.2) is 68.5 Å². The number of likely N-dealkylation sites (N-methyl/N-ethyl adjacent to an activating group) is 1. The summed E-state index contributed by atoms with van der Waals surface area (Å²) in [6.45, 7) is 4.56. The average molecular weight is 755 g/mol. The van der Waals surface area contributed by atoms with Gasteiger partial charge in [-0.25, -0.2) is 0 Å². The maximum Gasteiger partial charge on any atom is 0.268 e. The van der Waals surface area contributed by atoms with Crippen molar-refractivity contribution >= 4 is 13.7 Å². The van der Waals surface area contributed by atoms with Crippen LogP contribution >= 0.6 is 7.82 Å². The molecule has 0 saturated heterocycles. The second-order valence-electron chi connectivity index (χ2n) is 15.7. The normalized spacial score (nSPS) is 14.8. The molecule has 3 atom stereocenters. The van der Waals surface area contributed by atoms with Gasteiger partial charge in [0.15, 0.2) is 0 Å². The van der Waals surface area contributed by atoms with E-state index in [-0.39, 0.29) is 19.1 Å². The number of rotatable bonds is 38. The summed E-state index contributed by atoms with van der Waals surface area (Å²) in [5.41, 5.74) is 0. The summed E-state index contributed by atoms with van der Waals surface area (Å²) in [5.74, 6) is -0.214. The smallest absolute Gasteiger partial charge is 0.268 e. The Morgan fingerprint density at radius 2 is 1.15 bits per heavy atom. The van der Waals surface area contributed by atoms with Crippen LogP contribution in [0.4, 0.5) is 0 Å². The molecule has 306 valence electrons. The Hall–Kier alpha value is -1.28. The first-order valence-electron chi connectivity index (χ1n) is 21.4. The van der Waals surface area contributed by atoms with Crippen LogP contribution in [0, 0.1) is 0 Å². The number of nitrogens with zero attached hydrogens (tertiary/aromatic N) is 1. The minimum Gasteiger partial charge on any atom is -0.756 e. The topological polar surface area (TPSA) is 108 Å². The molecule has 0 aromatic heterocycles. The summed E-state index contributed by atoms with van der Waals surface area (Å²) in [6, 6.07) is -0.891. The Kier molecular flexibility index (Phi) is 34.6. The summed E-state index contributed by atoms with van der Waals surface area (Å²) in [6.07, 6.45) is 41.8. The molecule has 0 aliphatic carbocycles. The molecule has 0 spiro atoms. The minimum absolute atomic E-state index is 0.00427. The standard InChI is InChI=1S/C43H83N2O6P/c1-6-8-10-12-14-16-18-20-21-22-23-25-26-28-30-32-34-36-42(46)41(40-51-52(48,49)50-39-38-45(3,4)5)44-43(47)37-35-33-31-29-27-24-19-17-15-13-11-9-7-2/h11,13,17,19,34,36,41-42,46H,6-10,12,14-16,18,20-33,35,37-40H2,1-5H3,(H-,44,47,48,49)/b13-11-,19-17-,36-34+. The maximum absolute atomic E-state index is 12.8. The molecule has 0 radical (unpaired) electrons. The molecule has 9 heteroatoms. The van der Waals surface area contributed by atoms with Gasteiger partial charge in [0, 0.05) is 6.42 Å². The van der Waals surface area contributed by atoms with E-state index in [9.17, 15) is 19.4 Å². The molecule has 3 unspecified atom stereocenters. The van der Waals surface area contributed by atoms with Gasteiger partial charge in [0.1, 0.15) is 13.2 Å². The van der Waals surface area contributed by atoms with Crippen LogP contribution < -0.4 is 10.2 Å². The molecular formula is C43H83N2O6P. The van der Waals surface area contributed by atoms with Gasteiger partial charge in [-0.1, -0.05) is 166 Å². The second kappa shape index (κ2) is 35.4. The molecule has 2 N–H and O–H groups in total. The van der Waals surface area contributed by atoms with E-state index in [1.54, 1.807) is 6.08 Å². The average Bonchev–Trinajstić information content (AvgIpc) is 3.09. The van der Waals surface area contributed by atoms with Crippen molar-refractivity contribution in [3.8, 4) is 0 Å². The van der Waals surface area contributed by atoms with E-state index >= 15 is 0 Å². The van der Waals surface area contributed by atoms with E-state index < -0.39 is 20.0 Å². The quantitative estimate of drug-likeness (QED) is 0.0281. The number of allylic oxidation sites excluding steroid dienone is 5. The van der Waals surface area contributed by atoms with Gasteiger partial charge in [-0.3, -0.25) is 9.36 Å². The molecule has 0 heterocycles. The Bertz CT molecular complexity index is 948. The molecule has 0 aliphatic heterocycles. The van der Waals surface area contributed by atoms with Crippen molar-refractivity contribution in [2.24, 2.45) is 0 Å². The fourth-order valence-electron chi connectivity index (χ4n) is 5.89. The molecule has 0 fully saturated rings. The fraction of sp³-hybridized carbons (Fsp3) is 0.837. The molecule has 8 nitrogen and oxygen atoms in total. The van der Waals surface area contributed by atoms with Crippen LogP contribution in [0.3, 0.4) is 0 Å². The maximum atomic E-state index is 12.8. The van der Waals surface area contributed by atoms with Crippen LogP contribution in [0.2, 0.25) is 0 Å². The van der Waals surface area contributed by atoms with Gasteiger partial charge in [0.2, 0.25) is 5.91 Å². The Morgan fingerprint density at radius 3 is 1.67 bits per heavy atom. The molecule has 0 aromatic rings. The summed E-state index contributed by atoms with van der Waals surface area (Å²) < 4.78 is 23.1. The zero-order valence-electron chi connectivity index (χ0n) is 34.5. The molecule has 0 aromatic carbocycles. The van der Waals surface area contributed by atoms with Gasteiger partial charge >= 0.3 is 0 Å². The lowest BCUT2D eigenvalue weighted by Crippen LogP contribution is -2.45. The number of quaternary nitrogens is 1. The Labute approximate surface area is 321 Å². The number of phosphoric acid groups is 1. The number of carbonyl (C=O) groups is 1. The zero-order chi connectivity index (χ0) is 38.6. The van der Waals surface area contributed by atoms with Crippen molar-refractivity contribution in [3.05, 3.63) is 36.5 Å². The van der Waals surface area contributed by atoms with Crippen molar-refractivity contribution in [1.82, 2.24) is 5.32 Å². The van der Waals surface area contributed by atoms with Gasteiger partial charge in [0.05, 0.1) is 39.9 Å². The summed E-state index contributed by atoms with van der Waals surface area (Å²) >= 11 is 0. The largest absolute Gasteiger partial charge is 0.756 e. The van der Waals surface area contributed by atoms with E-state index in [2.05, 4.69) is 43.5 Å². The Balaban J connectivity index is 4.47. The van der Waals surface area contributed by atoms with Gasteiger partial charge in [-0.2, -0.15) is 0 Å². The highest BCUT2D eigenvalue weighted by Gasteiger charge is 2.23. The summed E-state index contributed by atoms with van der Waals surface area (Å²) in [7, 11) is 1.25. The lowest BCUT2D eigenvalue weighted by atomic mass is 10.0. The number of unbranched alkanes of at least 4 members (excludes halogenated alkanes) is 21. The highest BCUT2D eigenvalue weighted by molar-refractivity contribution is 7.45. The van der Waals surface area contributed by atoms with Crippen molar-refractivity contribution in [2.75, 3.05) is 40.9 Å². The second-order valence-corrected chi connectivity index (χ2v) is 17.1. The van der Waals surface area contributed by atoms with E-state index in [1.807, 2.05) is 27.2 Å². The minimum atomic E-state index is -4.59. The van der Waals surface area contributed by atoms with E-state index in [1.165, 1.54) is 89.9 Å². The van der Waals surface area contributed by atoms with E-state index in [0.717, 1.165) is 70.6 Å². The third-order valence-corrected chi connectivity index (χ3v) is 10.3. The third-order valence-electron chi connectivity index (χ3n) is 9.33. The van der Waals surface area contributed by atoms with E-state index in [0.29, 0.717) is 17.4 Å².